The molecule has 1 aromatic rings. The highest BCUT2D eigenvalue weighted by molar-refractivity contribution is 5.89. The fourth-order valence-corrected chi connectivity index (χ4v) is 2.02. The Balaban J connectivity index is 1.91. The van der Waals surface area contributed by atoms with E-state index in [0.717, 1.165) is 18.4 Å². The van der Waals surface area contributed by atoms with Crippen LogP contribution < -0.4 is 5.32 Å². The number of benzene rings is 1. The van der Waals surface area contributed by atoms with Gasteiger partial charge in [-0.2, -0.15) is 0 Å². The summed E-state index contributed by atoms with van der Waals surface area (Å²) in [6, 6.07) is 4.03. The van der Waals surface area contributed by atoms with Gasteiger partial charge in [0.15, 0.2) is 0 Å². The molecule has 2 amide bonds. The predicted molar refractivity (Wildman–Crippen MR) is 71.5 cm³/mol. The summed E-state index contributed by atoms with van der Waals surface area (Å²) in [7, 11) is 1.62. The smallest absolute Gasteiger partial charge is 0.321 e. The van der Waals surface area contributed by atoms with Crippen LogP contribution in [0.3, 0.4) is 0 Å². The van der Waals surface area contributed by atoms with Gasteiger partial charge in [-0.15, -0.1) is 0 Å². The zero-order valence-electron chi connectivity index (χ0n) is 11.2. The Labute approximate surface area is 112 Å². The quantitative estimate of drug-likeness (QED) is 0.879. The van der Waals surface area contributed by atoms with Crippen molar-refractivity contribution in [2.45, 2.75) is 25.9 Å². The first-order valence-electron chi connectivity index (χ1n) is 6.43. The topological polar surface area (TPSA) is 52.6 Å². The molecule has 0 spiro atoms. The van der Waals surface area contributed by atoms with E-state index in [1.54, 1.807) is 20.0 Å². The monoisotopic (exact) mass is 266 g/mol. The number of rotatable bonds is 4. The van der Waals surface area contributed by atoms with E-state index in [2.05, 4.69) is 5.32 Å². The summed E-state index contributed by atoms with van der Waals surface area (Å²) in [5.74, 6) is -0.0531. The number of urea groups is 1. The normalized spacial score (nSPS) is 16.0. The fraction of sp³-hybridized carbons (Fsp3) is 0.500. The molecule has 1 aliphatic rings. The summed E-state index contributed by atoms with van der Waals surface area (Å²) < 4.78 is 13.2. The Bertz CT molecular complexity index is 454. The van der Waals surface area contributed by atoms with Crippen molar-refractivity contribution in [2.24, 2.45) is 5.92 Å². The molecule has 4 nitrogen and oxygen atoms in total. The summed E-state index contributed by atoms with van der Waals surface area (Å²) in [5.41, 5.74) is 1.17. The number of amides is 2. The van der Waals surface area contributed by atoms with Crippen LogP contribution in [0.4, 0.5) is 14.9 Å². The van der Waals surface area contributed by atoms with E-state index in [1.807, 2.05) is 0 Å². The lowest BCUT2D eigenvalue weighted by atomic mass is 10.2. The lowest BCUT2D eigenvalue weighted by Gasteiger charge is -2.21. The third kappa shape index (κ3) is 3.92. The van der Waals surface area contributed by atoms with Gasteiger partial charge in [0.1, 0.15) is 5.82 Å². The summed E-state index contributed by atoms with van der Waals surface area (Å²) >= 11 is 0. The largest absolute Gasteiger partial charge is 0.391 e. The number of hydrogen-bond donors (Lipinski definition) is 2. The molecule has 2 N–H and O–H groups in total. The molecule has 0 saturated heterocycles. The second-order valence-electron chi connectivity index (χ2n) is 5.23. The van der Waals surface area contributed by atoms with E-state index >= 15 is 0 Å². The van der Waals surface area contributed by atoms with E-state index in [0.29, 0.717) is 18.2 Å². The Kier molecular flexibility index (Phi) is 4.04. The third-order valence-corrected chi connectivity index (χ3v) is 3.27. The molecular formula is C14H19FN2O2. The molecule has 2 rings (SSSR count). The number of aliphatic hydroxyl groups excluding tert-OH is 1. The number of carbonyl (C=O) groups is 1. The van der Waals surface area contributed by atoms with Gasteiger partial charge in [0.25, 0.3) is 0 Å². The first-order valence-corrected chi connectivity index (χ1v) is 6.43. The molecule has 1 atom stereocenters. The number of aryl methyl sites for hydroxylation is 1. The molecule has 1 fully saturated rings. The van der Waals surface area contributed by atoms with Crippen molar-refractivity contribution in [3.8, 4) is 0 Å². The lowest BCUT2D eigenvalue weighted by molar-refractivity contribution is 0.117. The van der Waals surface area contributed by atoms with Gasteiger partial charge >= 0.3 is 6.03 Å². The van der Waals surface area contributed by atoms with Crippen molar-refractivity contribution in [1.82, 2.24) is 4.90 Å². The van der Waals surface area contributed by atoms with Crippen LogP contribution in [0.5, 0.6) is 0 Å². The molecule has 1 aromatic carbocycles. The molecular weight excluding hydrogens is 247 g/mol. The van der Waals surface area contributed by atoms with E-state index in [4.69, 9.17) is 0 Å². The van der Waals surface area contributed by atoms with Crippen LogP contribution in [0.25, 0.3) is 0 Å². The number of carbonyl (C=O) groups excluding carboxylic acids is 1. The second-order valence-corrected chi connectivity index (χ2v) is 5.23. The van der Waals surface area contributed by atoms with E-state index in [9.17, 15) is 14.3 Å². The van der Waals surface area contributed by atoms with E-state index in [-0.39, 0.29) is 11.8 Å². The number of likely N-dealkylation sites (N-methyl/N-ethyl adjacent to an activating group) is 1. The van der Waals surface area contributed by atoms with Crippen LogP contribution in [0, 0.1) is 18.7 Å². The average Bonchev–Trinajstić information content (AvgIpc) is 3.10. The van der Waals surface area contributed by atoms with Crippen molar-refractivity contribution in [1.29, 1.82) is 0 Å². The maximum atomic E-state index is 13.2. The molecule has 0 heterocycles. The highest BCUT2D eigenvalue weighted by Crippen LogP contribution is 2.32. The molecule has 0 aromatic heterocycles. The van der Waals surface area contributed by atoms with Crippen LogP contribution in [-0.4, -0.2) is 35.7 Å². The molecule has 0 bridgehead atoms. The van der Waals surface area contributed by atoms with Gasteiger partial charge in [-0.05, 0) is 49.4 Å². The van der Waals surface area contributed by atoms with Crippen molar-refractivity contribution >= 4 is 11.7 Å². The summed E-state index contributed by atoms with van der Waals surface area (Å²) in [5, 5.41) is 12.4. The summed E-state index contributed by atoms with van der Waals surface area (Å²) in [6.07, 6.45) is 1.59. The highest BCUT2D eigenvalue weighted by atomic mass is 19.1. The van der Waals surface area contributed by atoms with Gasteiger partial charge in [0.05, 0.1) is 6.10 Å². The maximum absolute atomic E-state index is 13.2. The molecule has 0 radical (unpaired) electrons. The SMILES string of the molecule is Cc1cc(F)cc(NC(=O)N(C)CC(O)C2CC2)c1. The van der Waals surface area contributed by atoms with Gasteiger partial charge < -0.3 is 15.3 Å². The lowest BCUT2D eigenvalue weighted by Crippen LogP contribution is -2.38. The minimum Gasteiger partial charge on any atom is -0.391 e. The highest BCUT2D eigenvalue weighted by Gasteiger charge is 2.31. The second kappa shape index (κ2) is 5.57. The zero-order chi connectivity index (χ0) is 14.0. The molecule has 5 heteroatoms. The molecule has 1 aliphatic carbocycles. The molecule has 19 heavy (non-hydrogen) atoms. The van der Waals surface area contributed by atoms with Crippen molar-refractivity contribution < 1.29 is 14.3 Å². The number of anilines is 1. The Morgan fingerprint density at radius 3 is 2.79 bits per heavy atom. The predicted octanol–water partition coefficient (Wildman–Crippen LogP) is 2.37. The minimum absolute atomic E-state index is 0.296. The number of hydrogen-bond acceptors (Lipinski definition) is 2. The molecule has 104 valence electrons. The van der Waals surface area contributed by atoms with Crippen molar-refractivity contribution in [2.75, 3.05) is 18.9 Å². The first-order chi connectivity index (χ1) is 8.95. The standard InChI is InChI=1S/C14H19FN2O2/c1-9-5-11(15)7-12(6-9)16-14(19)17(2)8-13(18)10-3-4-10/h5-7,10,13,18H,3-4,8H2,1-2H3,(H,16,19). The number of nitrogens with one attached hydrogen (secondary N) is 1. The zero-order valence-corrected chi connectivity index (χ0v) is 11.2. The Morgan fingerprint density at radius 2 is 2.21 bits per heavy atom. The average molecular weight is 266 g/mol. The maximum Gasteiger partial charge on any atom is 0.321 e. The minimum atomic E-state index is -0.468. The van der Waals surface area contributed by atoms with Gasteiger partial charge in [0.2, 0.25) is 0 Å². The summed E-state index contributed by atoms with van der Waals surface area (Å²) in [4.78, 5) is 13.3. The van der Waals surface area contributed by atoms with Crippen molar-refractivity contribution in [3.63, 3.8) is 0 Å². The van der Waals surface area contributed by atoms with Crippen molar-refractivity contribution in [3.05, 3.63) is 29.6 Å². The van der Waals surface area contributed by atoms with E-state index in [1.165, 1.54) is 17.0 Å². The third-order valence-electron chi connectivity index (χ3n) is 3.27. The molecule has 0 aliphatic heterocycles. The van der Waals surface area contributed by atoms with E-state index < -0.39 is 6.10 Å². The van der Waals surface area contributed by atoms with Crippen LogP contribution in [-0.2, 0) is 0 Å². The van der Waals surface area contributed by atoms with Gasteiger partial charge in [0, 0.05) is 19.3 Å². The summed E-state index contributed by atoms with van der Waals surface area (Å²) in [6.45, 7) is 2.06. The fourth-order valence-electron chi connectivity index (χ4n) is 2.02. The van der Waals surface area contributed by atoms with Gasteiger partial charge in [-0.3, -0.25) is 0 Å². The van der Waals surface area contributed by atoms with Crippen LogP contribution in [0.1, 0.15) is 18.4 Å². The Hall–Kier alpha value is -1.62. The van der Waals surface area contributed by atoms with Crippen LogP contribution in [0.2, 0.25) is 0 Å². The Morgan fingerprint density at radius 1 is 1.53 bits per heavy atom. The number of aliphatic hydroxyl groups is 1. The number of nitrogens with zero attached hydrogens (tertiary/aromatic N) is 1. The molecule has 1 saturated carbocycles. The van der Waals surface area contributed by atoms with Gasteiger partial charge in [-0.1, -0.05) is 0 Å². The molecule has 1 unspecified atom stereocenters. The number of halogens is 1. The van der Waals surface area contributed by atoms with Crippen LogP contribution in [0.15, 0.2) is 18.2 Å². The first kappa shape index (κ1) is 13.8. The van der Waals surface area contributed by atoms with Crippen LogP contribution >= 0.6 is 0 Å². The van der Waals surface area contributed by atoms with Gasteiger partial charge in [-0.25, -0.2) is 9.18 Å².